The Bertz CT molecular complexity index is 895. The van der Waals surface area contributed by atoms with E-state index < -0.39 is 0 Å². The molecule has 3 aromatic rings. The highest BCUT2D eigenvalue weighted by atomic mass is 16.1. The Hall–Kier alpha value is -2.88. The first-order valence-corrected chi connectivity index (χ1v) is 7.72. The summed E-state index contributed by atoms with van der Waals surface area (Å²) in [6.07, 6.45) is 5.22. The Morgan fingerprint density at radius 2 is 1.87 bits per heavy atom. The quantitative estimate of drug-likeness (QED) is 0.785. The molecule has 0 radical (unpaired) electrons. The van der Waals surface area contributed by atoms with Crippen LogP contribution in [0.2, 0.25) is 0 Å². The van der Waals surface area contributed by atoms with Gasteiger partial charge in [0.1, 0.15) is 0 Å². The Kier molecular flexibility index (Phi) is 3.23. The van der Waals surface area contributed by atoms with Gasteiger partial charge in [-0.3, -0.25) is 9.48 Å². The number of hydrogen-bond acceptors (Lipinski definition) is 2. The van der Waals surface area contributed by atoms with Crippen LogP contribution in [0.5, 0.6) is 0 Å². The molecule has 23 heavy (non-hydrogen) atoms. The molecule has 0 aliphatic carbocycles. The second-order valence-electron chi connectivity index (χ2n) is 5.86. The van der Waals surface area contributed by atoms with E-state index in [1.54, 1.807) is 0 Å². The predicted octanol–water partition coefficient (Wildman–Crippen LogP) is 3.64. The number of nitrogens with one attached hydrogen (secondary N) is 1. The molecule has 1 aliphatic rings. The summed E-state index contributed by atoms with van der Waals surface area (Å²) in [6, 6.07) is 14.6. The third-order valence-corrected chi connectivity index (χ3v) is 4.26. The van der Waals surface area contributed by atoms with E-state index in [0.717, 1.165) is 23.2 Å². The predicted molar refractivity (Wildman–Crippen MR) is 91.0 cm³/mol. The Morgan fingerprint density at radius 3 is 2.70 bits per heavy atom. The smallest absolute Gasteiger partial charge is 0.224 e. The summed E-state index contributed by atoms with van der Waals surface area (Å²) in [7, 11) is 1.92. The molecule has 1 aliphatic heterocycles. The molecule has 0 bridgehead atoms. The van der Waals surface area contributed by atoms with Gasteiger partial charge in [0.2, 0.25) is 5.91 Å². The van der Waals surface area contributed by atoms with Crippen LogP contribution in [0.25, 0.3) is 22.3 Å². The van der Waals surface area contributed by atoms with Crippen LogP contribution >= 0.6 is 0 Å². The van der Waals surface area contributed by atoms with E-state index >= 15 is 0 Å². The molecular formula is C19H17N3O. The number of hydrogen-bond donors (Lipinski definition) is 1. The molecule has 114 valence electrons. The van der Waals surface area contributed by atoms with Crippen molar-refractivity contribution in [3.8, 4) is 22.3 Å². The van der Waals surface area contributed by atoms with Gasteiger partial charge in [0.25, 0.3) is 0 Å². The Balaban J connectivity index is 1.80. The second-order valence-corrected chi connectivity index (χ2v) is 5.86. The van der Waals surface area contributed by atoms with Crippen LogP contribution in [-0.2, 0) is 18.3 Å². The summed E-state index contributed by atoms with van der Waals surface area (Å²) in [5, 5.41) is 7.21. The third kappa shape index (κ3) is 2.52. The van der Waals surface area contributed by atoms with E-state index in [2.05, 4.69) is 40.7 Å². The molecule has 2 aromatic carbocycles. The van der Waals surface area contributed by atoms with Gasteiger partial charge in [-0.15, -0.1) is 0 Å². The zero-order valence-corrected chi connectivity index (χ0v) is 12.9. The van der Waals surface area contributed by atoms with Crippen molar-refractivity contribution in [3.05, 3.63) is 60.4 Å². The molecule has 2 heterocycles. The maximum Gasteiger partial charge on any atom is 0.224 e. The summed E-state index contributed by atoms with van der Waals surface area (Å²) in [5.41, 5.74) is 6.76. The van der Waals surface area contributed by atoms with E-state index in [1.165, 1.54) is 16.7 Å². The summed E-state index contributed by atoms with van der Waals surface area (Å²) in [4.78, 5) is 11.6. The Morgan fingerprint density at radius 1 is 1.04 bits per heavy atom. The maximum atomic E-state index is 11.6. The highest BCUT2D eigenvalue weighted by molar-refractivity contribution is 5.96. The van der Waals surface area contributed by atoms with Gasteiger partial charge in [-0.25, -0.2) is 0 Å². The molecule has 0 saturated heterocycles. The van der Waals surface area contributed by atoms with Crippen molar-refractivity contribution in [3.63, 3.8) is 0 Å². The summed E-state index contributed by atoms with van der Waals surface area (Å²) < 4.78 is 1.81. The lowest BCUT2D eigenvalue weighted by atomic mass is 9.91. The molecule has 4 rings (SSSR count). The van der Waals surface area contributed by atoms with Crippen LogP contribution in [-0.4, -0.2) is 15.7 Å². The van der Waals surface area contributed by atoms with Crippen molar-refractivity contribution < 1.29 is 4.79 Å². The number of rotatable bonds is 2. The number of anilines is 1. The fraction of sp³-hybridized carbons (Fsp3) is 0.158. The SMILES string of the molecule is Cn1cc(-c2cccc(-c3cccc4c3CCC(=O)N4)c2)cn1. The van der Waals surface area contributed by atoms with Crippen LogP contribution in [0.15, 0.2) is 54.9 Å². The fourth-order valence-electron chi connectivity index (χ4n) is 3.13. The molecule has 1 aromatic heterocycles. The molecule has 0 unspecified atom stereocenters. The minimum Gasteiger partial charge on any atom is -0.326 e. The van der Waals surface area contributed by atoms with E-state index in [0.29, 0.717) is 6.42 Å². The number of nitrogens with zero attached hydrogens (tertiary/aromatic N) is 2. The molecule has 1 N–H and O–H groups in total. The number of carbonyl (C=O) groups is 1. The number of aryl methyl sites for hydroxylation is 1. The largest absolute Gasteiger partial charge is 0.326 e. The number of carbonyl (C=O) groups excluding carboxylic acids is 1. The highest BCUT2D eigenvalue weighted by Crippen LogP contribution is 2.34. The topological polar surface area (TPSA) is 46.9 Å². The standard InChI is InChI=1S/C19H17N3O/c1-22-12-15(11-20-22)13-4-2-5-14(10-13)16-6-3-7-18-17(16)8-9-19(23)21-18/h2-7,10-12H,8-9H2,1H3,(H,21,23). The van der Waals surface area contributed by atoms with Crippen LogP contribution in [0.1, 0.15) is 12.0 Å². The zero-order valence-electron chi connectivity index (χ0n) is 12.9. The lowest BCUT2D eigenvalue weighted by Gasteiger charge is -2.20. The van der Waals surface area contributed by atoms with Gasteiger partial charge in [-0.1, -0.05) is 30.3 Å². The van der Waals surface area contributed by atoms with Gasteiger partial charge >= 0.3 is 0 Å². The average Bonchev–Trinajstić information content (AvgIpc) is 3.01. The molecule has 0 saturated carbocycles. The first-order valence-electron chi connectivity index (χ1n) is 7.72. The van der Waals surface area contributed by atoms with E-state index in [-0.39, 0.29) is 5.91 Å². The first-order chi connectivity index (χ1) is 11.2. The van der Waals surface area contributed by atoms with Crippen LogP contribution in [0, 0.1) is 0 Å². The molecule has 4 nitrogen and oxygen atoms in total. The minimum atomic E-state index is 0.0961. The number of aromatic nitrogens is 2. The molecule has 1 amide bonds. The molecule has 0 fully saturated rings. The van der Waals surface area contributed by atoms with Crippen molar-refractivity contribution in [2.75, 3.05) is 5.32 Å². The van der Waals surface area contributed by atoms with Gasteiger partial charge < -0.3 is 5.32 Å². The number of amides is 1. The number of benzene rings is 2. The van der Waals surface area contributed by atoms with Crippen LogP contribution in [0.4, 0.5) is 5.69 Å². The van der Waals surface area contributed by atoms with Crippen molar-refractivity contribution in [1.82, 2.24) is 9.78 Å². The third-order valence-electron chi connectivity index (χ3n) is 4.26. The van der Waals surface area contributed by atoms with Gasteiger partial charge in [-0.2, -0.15) is 5.10 Å². The summed E-state index contributed by atoms with van der Waals surface area (Å²) in [6.45, 7) is 0. The average molecular weight is 303 g/mol. The van der Waals surface area contributed by atoms with E-state index in [9.17, 15) is 4.79 Å². The van der Waals surface area contributed by atoms with Crippen molar-refractivity contribution in [2.24, 2.45) is 7.05 Å². The van der Waals surface area contributed by atoms with Gasteiger partial charge in [-0.05, 0) is 40.8 Å². The monoisotopic (exact) mass is 303 g/mol. The minimum absolute atomic E-state index is 0.0961. The van der Waals surface area contributed by atoms with Crippen molar-refractivity contribution in [1.29, 1.82) is 0 Å². The van der Waals surface area contributed by atoms with Crippen molar-refractivity contribution in [2.45, 2.75) is 12.8 Å². The zero-order chi connectivity index (χ0) is 15.8. The fourth-order valence-corrected chi connectivity index (χ4v) is 3.13. The Labute approximate surface area is 134 Å². The molecular weight excluding hydrogens is 286 g/mol. The number of fused-ring (bicyclic) bond motifs is 1. The van der Waals surface area contributed by atoms with E-state index in [4.69, 9.17) is 0 Å². The lowest BCUT2D eigenvalue weighted by molar-refractivity contribution is -0.116. The summed E-state index contributed by atoms with van der Waals surface area (Å²) >= 11 is 0. The van der Waals surface area contributed by atoms with Crippen molar-refractivity contribution >= 4 is 11.6 Å². The normalized spacial score (nSPS) is 13.5. The van der Waals surface area contributed by atoms with Gasteiger partial charge in [0.05, 0.1) is 6.20 Å². The summed E-state index contributed by atoms with van der Waals surface area (Å²) in [5.74, 6) is 0.0961. The van der Waals surface area contributed by atoms with Gasteiger partial charge in [0, 0.05) is 30.9 Å². The van der Waals surface area contributed by atoms with Gasteiger partial charge in [0.15, 0.2) is 0 Å². The van der Waals surface area contributed by atoms with Crippen LogP contribution in [0.3, 0.4) is 0 Å². The highest BCUT2D eigenvalue weighted by Gasteiger charge is 2.18. The molecule has 4 heteroatoms. The first kappa shape index (κ1) is 13.8. The van der Waals surface area contributed by atoms with E-state index in [1.807, 2.05) is 36.3 Å². The molecule has 0 spiro atoms. The molecule has 0 atom stereocenters. The van der Waals surface area contributed by atoms with Crippen LogP contribution < -0.4 is 5.32 Å². The second kappa shape index (κ2) is 5.39. The maximum absolute atomic E-state index is 11.6. The lowest BCUT2D eigenvalue weighted by Crippen LogP contribution is -2.19.